The molecule has 0 aliphatic carbocycles. The van der Waals surface area contributed by atoms with Crippen LogP contribution in [-0.2, 0) is 130 Å². The van der Waals surface area contributed by atoms with Crippen LogP contribution in [0.2, 0.25) is 0 Å². The summed E-state index contributed by atoms with van der Waals surface area (Å²) in [4.78, 5) is 201. The van der Waals surface area contributed by atoms with Gasteiger partial charge in [0.1, 0.15) is 47.6 Å². The SMILES string of the molecule is CC[C@H](C)[C@@H]1CC(=O)CNC(=O)[C@H]2CC(=O)[C@H]([C@@H](C)[C@@H](O)CO)NC(=O)[C@@H]3C[C@@H](O)CN3C(=O)[C@H](CC(N)=O)NC(=O)C(CS(=O)c3[nH]c4c(CSCCOCCOCCOCCOCCOCCOCCOCCN(N)/C=C(\N)CNC(=O)OCc5ccc(NC(=O)[C@H](CCCNC(N)=O)NC(=O)[C@H](CC(C)C)NC(=O)CON=C(CSC)CSC)cc5)c(O)ccc4c3C2)NC(=O)CNC1=O. The molecule has 0 spiro atoms. The fourth-order valence-corrected chi connectivity index (χ4v) is 18.0. The minimum absolute atomic E-state index is 0.0146. The van der Waals surface area contributed by atoms with Gasteiger partial charge in [0.05, 0.1) is 178 Å². The number of hydrazine groups is 1. The van der Waals surface area contributed by atoms with E-state index in [2.05, 4.69) is 63.3 Å². The van der Waals surface area contributed by atoms with Crippen LogP contribution in [-0.4, -0.2) is 357 Å². The van der Waals surface area contributed by atoms with Crippen molar-refractivity contribution >= 4 is 151 Å². The number of hydrogen-bond donors (Lipinski definition) is 19. The third-order valence-electron chi connectivity index (χ3n) is 22.1. The summed E-state index contributed by atoms with van der Waals surface area (Å²) >= 11 is 4.48. The number of amides is 13. The van der Waals surface area contributed by atoms with E-state index in [4.69, 9.17) is 65.8 Å². The lowest BCUT2D eigenvalue weighted by molar-refractivity contribution is -0.144. The molecule has 1 saturated heterocycles. The summed E-state index contributed by atoms with van der Waals surface area (Å²) in [5.41, 5.74) is 19.5. The minimum atomic E-state index is -2.47. The molecule has 50 heteroatoms. The number of aromatic nitrogens is 1. The summed E-state index contributed by atoms with van der Waals surface area (Å²) in [5, 5.41) is 74.9. The summed E-state index contributed by atoms with van der Waals surface area (Å²) < 4.78 is 60.1. The van der Waals surface area contributed by atoms with E-state index >= 15 is 9.00 Å². The Bertz CT molecular complexity index is 4530. The molecule has 3 aromatic rings. The fourth-order valence-electron chi connectivity index (χ4n) is 14.6. The Morgan fingerprint density at radius 3 is 1.96 bits per heavy atom. The summed E-state index contributed by atoms with van der Waals surface area (Å²) in [5.74, 6) is -7.83. The number of carbonyl (C=O) groups excluding carboxylic acids is 14. The number of nitrogens with one attached hydrogen (secondary N) is 11. The van der Waals surface area contributed by atoms with Gasteiger partial charge in [0.15, 0.2) is 18.2 Å². The van der Waals surface area contributed by atoms with Crippen LogP contribution in [0.4, 0.5) is 15.3 Å². The second-order valence-corrected chi connectivity index (χ2v) is 37.7. The Labute approximate surface area is 816 Å². The molecule has 1 aromatic heterocycles. The number of aliphatic hydroxyl groups is 3. The Morgan fingerprint density at radius 1 is 0.732 bits per heavy atom. The number of primary amides is 2. The molecular weight excluding hydrogens is 1890 g/mol. The van der Waals surface area contributed by atoms with E-state index < -0.39 is 236 Å². The van der Waals surface area contributed by atoms with Gasteiger partial charge in [-0.05, 0) is 85.4 Å². The van der Waals surface area contributed by atoms with E-state index in [1.54, 1.807) is 61.6 Å². The van der Waals surface area contributed by atoms with Gasteiger partial charge in [-0.25, -0.2) is 15.4 Å². The van der Waals surface area contributed by atoms with Crippen molar-refractivity contribution in [2.75, 3.05) is 186 Å². The lowest BCUT2D eigenvalue weighted by Gasteiger charge is -2.32. The van der Waals surface area contributed by atoms with Crippen LogP contribution in [0.3, 0.4) is 0 Å². The van der Waals surface area contributed by atoms with Gasteiger partial charge in [-0.2, -0.15) is 35.3 Å². The number of phenolic OH excluding ortho intramolecular Hbond substituents is 1. The van der Waals surface area contributed by atoms with Crippen LogP contribution in [0.1, 0.15) is 103 Å². The van der Waals surface area contributed by atoms with Crippen LogP contribution >= 0.6 is 35.3 Å². The van der Waals surface area contributed by atoms with Gasteiger partial charge in [-0.15, -0.1) is 0 Å². The molecule has 46 nitrogen and oxygen atoms in total. The highest BCUT2D eigenvalue weighted by atomic mass is 32.2. The number of urea groups is 1. The molecule has 23 N–H and O–H groups in total. The predicted octanol–water partition coefficient (Wildman–Crippen LogP) is -1.99. The van der Waals surface area contributed by atoms with E-state index in [1.165, 1.54) is 42.0 Å². The second kappa shape index (κ2) is 63.6. The fraction of sp³-hybridized carbons (Fsp3) is 0.648. The number of H-pyrrole nitrogens is 1. The number of aliphatic hydroxyl groups excluding tert-OH is 3. The number of ether oxygens (including phenoxy) is 8. The standard InChI is InChI=1S/C88H138N18O28S4/c1-8-53(4)63-37-60(108)41-94-79(116)56-35-64-62-15-16-71(110)65(78(62)103-85(64)138(125)51-69(99-75(114)42-95-80(63)117)83(120)101-68(39-74(90)113)86(122)106-44-61(109)38-70(106)84(121)102-77(72(111)36-56)54(5)73(112)45-107)50-137-33-32-132-31-30-131-29-28-130-27-26-129-25-24-128-23-22-127-21-20-126-19-18-105(92)43-57(89)40-96-88(124)133-46-55-11-13-58(14-12-55)97-81(118)66(10-9-17-93-87(91)123)100-82(119)67(34-52(2)3)98-76(115)47-134-104-59(48-135-6)49-136-7/h11-16,43,52-54,56,61,63,66-70,73,77,103,107,109-110,112H,8-10,17-42,44-51,89,92H2,1-7H3,(H2,90,113)(H,94,116)(H,95,117)(H,96,124)(H,97,118)(H,98,115)(H,99,114)(H,100,119)(H,101,120)(H,102,121)(H3,91,93,123)/b57-43-/t53-,54-,56+,61+,63-,66-,67-,68-,69?,70-,73-,77-,138?/m0/s1. The van der Waals surface area contributed by atoms with Crippen molar-refractivity contribution in [3.05, 3.63) is 65.0 Å². The predicted molar refractivity (Wildman–Crippen MR) is 513 cm³/mol. The second-order valence-electron chi connectivity index (χ2n) is 33.5. The smallest absolute Gasteiger partial charge is 0.407 e. The summed E-state index contributed by atoms with van der Waals surface area (Å²) in [6.45, 7) is 9.50. The number of rotatable bonds is 56. The van der Waals surface area contributed by atoms with Crippen molar-refractivity contribution in [3.8, 4) is 5.75 Å². The van der Waals surface area contributed by atoms with Crippen molar-refractivity contribution in [2.24, 2.45) is 57.8 Å². The summed E-state index contributed by atoms with van der Waals surface area (Å²) in [6.07, 6.45) is -0.427. The number of alkyl carbamates (subject to hydrolysis) is 1. The highest BCUT2D eigenvalue weighted by Crippen LogP contribution is 2.37. The number of thioether (sulfide) groups is 3. The molecule has 0 radical (unpaired) electrons. The number of ketones is 2. The largest absolute Gasteiger partial charge is 0.508 e. The molecule has 0 saturated carbocycles. The van der Waals surface area contributed by atoms with E-state index in [-0.39, 0.29) is 142 Å². The Kier molecular flexibility index (Phi) is 53.7. The van der Waals surface area contributed by atoms with Gasteiger partial charge in [0, 0.05) is 102 Å². The van der Waals surface area contributed by atoms with Crippen molar-refractivity contribution in [2.45, 2.75) is 158 Å². The lowest BCUT2D eigenvalue weighted by Crippen LogP contribution is -2.60. The monoisotopic (exact) mass is 2020 g/mol. The zero-order valence-corrected chi connectivity index (χ0v) is 82.3. The zero-order valence-electron chi connectivity index (χ0n) is 79.1. The van der Waals surface area contributed by atoms with Crippen molar-refractivity contribution in [3.63, 3.8) is 0 Å². The molecule has 4 heterocycles. The third-order valence-corrected chi connectivity index (χ3v) is 25.7. The van der Waals surface area contributed by atoms with Gasteiger partial charge in [0.25, 0.3) is 5.91 Å². The van der Waals surface area contributed by atoms with Crippen molar-refractivity contribution in [1.29, 1.82) is 0 Å². The molecule has 6 rings (SSSR count). The van der Waals surface area contributed by atoms with Gasteiger partial charge < -0.3 is 148 Å². The Balaban J connectivity index is 0.882. The highest BCUT2D eigenvalue weighted by Gasteiger charge is 2.46. The summed E-state index contributed by atoms with van der Waals surface area (Å²) in [7, 11) is -2.47. The number of benzene rings is 2. The molecule has 13 atom stereocenters. The van der Waals surface area contributed by atoms with Crippen LogP contribution in [0, 0.1) is 29.6 Å². The van der Waals surface area contributed by atoms with E-state index in [0.717, 1.165) is 10.6 Å². The van der Waals surface area contributed by atoms with Crippen LogP contribution in [0.15, 0.2) is 58.5 Å². The number of anilines is 1. The van der Waals surface area contributed by atoms with Gasteiger partial charge in [-0.1, -0.05) is 58.3 Å². The van der Waals surface area contributed by atoms with Gasteiger partial charge in [0.2, 0.25) is 53.2 Å². The molecule has 138 heavy (non-hydrogen) atoms. The molecule has 2 bridgehead atoms. The number of hydrogen-bond acceptors (Lipinski definition) is 35. The Morgan fingerprint density at radius 2 is 1.36 bits per heavy atom. The van der Waals surface area contributed by atoms with Crippen LogP contribution in [0.25, 0.3) is 10.9 Å². The number of Topliss-reactive ketones (excluding diaryl/α,β-unsaturated/α-hetero) is 2. The molecule has 3 aliphatic heterocycles. The first-order valence-corrected chi connectivity index (χ1v) is 50.8. The van der Waals surface area contributed by atoms with E-state index in [0.29, 0.717) is 81.2 Å². The average molecular weight is 2020 g/mol. The number of phenols is 1. The van der Waals surface area contributed by atoms with Gasteiger partial charge >= 0.3 is 12.1 Å². The van der Waals surface area contributed by atoms with Crippen LogP contribution in [0.5, 0.6) is 5.75 Å². The first kappa shape index (κ1) is 117. The lowest BCUT2D eigenvalue weighted by atomic mass is 9.85. The maximum atomic E-state index is 15.3. The quantitative estimate of drug-likeness (QED) is 0.0126. The maximum absolute atomic E-state index is 15.3. The van der Waals surface area contributed by atoms with Crippen LogP contribution < -0.4 is 76.2 Å². The number of carbonyl (C=O) groups is 14. The first-order chi connectivity index (χ1) is 66.0. The summed E-state index contributed by atoms with van der Waals surface area (Å²) in [6, 6.07) is -0.617. The topological polar surface area (TPSA) is 679 Å². The minimum Gasteiger partial charge on any atom is -0.508 e. The molecule has 2 unspecified atom stereocenters. The third kappa shape index (κ3) is 42.2. The number of nitrogens with zero attached hydrogens (tertiary/aromatic N) is 3. The normalized spacial score (nSPS) is 20.0. The van der Waals surface area contributed by atoms with E-state index in [1.807, 2.05) is 26.4 Å². The molecule has 772 valence electrons. The zero-order chi connectivity index (χ0) is 101. The van der Waals surface area contributed by atoms with Crippen molar-refractivity contribution in [1.82, 2.24) is 62.7 Å². The molecule has 1 fully saturated rings. The van der Waals surface area contributed by atoms with E-state index in [9.17, 15) is 82.8 Å². The number of nitrogens with two attached hydrogens (primary N) is 4. The maximum Gasteiger partial charge on any atom is 0.407 e. The number of fused-ring (bicyclic) bond motifs is 5. The average Bonchev–Trinajstić information content (AvgIpc) is 1.61. The highest BCUT2D eigenvalue weighted by molar-refractivity contribution is 8.00. The number of aromatic hydroxyl groups is 1. The molecule has 13 amide bonds. The molecule has 2 aromatic carbocycles. The first-order valence-electron chi connectivity index (χ1n) is 45.5. The Hall–Kier alpha value is -10.1. The van der Waals surface area contributed by atoms with Crippen molar-refractivity contribution < 1.29 is 134 Å². The molecular formula is C88H138N18O28S4. The van der Waals surface area contributed by atoms with Gasteiger partial charge in [-0.3, -0.25) is 61.7 Å². The molecule has 3 aliphatic rings. The number of aromatic amines is 1. The number of oxime groups is 1.